The van der Waals surface area contributed by atoms with Gasteiger partial charge in [-0.25, -0.2) is 4.98 Å². The predicted octanol–water partition coefficient (Wildman–Crippen LogP) is 4.18. The van der Waals surface area contributed by atoms with Gasteiger partial charge < -0.3 is 9.62 Å². The number of nitrogens with zero attached hydrogens (tertiary/aromatic N) is 2. The van der Waals surface area contributed by atoms with E-state index in [0.717, 1.165) is 30.1 Å². The van der Waals surface area contributed by atoms with Crippen molar-refractivity contribution in [1.29, 1.82) is 0 Å². The summed E-state index contributed by atoms with van der Waals surface area (Å²) in [7, 11) is 4.20. The Morgan fingerprint density at radius 2 is 1.86 bits per heavy atom. The molecule has 0 fully saturated rings. The van der Waals surface area contributed by atoms with E-state index in [1.807, 2.05) is 18.3 Å². The molecule has 5 heteroatoms. The summed E-state index contributed by atoms with van der Waals surface area (Å²) in [6.45, 7) is 1.11. The minimum Gasteiger partial charge on any atom is -0.314 e. The van der Waals surface area contributed by atoms with Crippen molar-refractivity contribution in [3.63, 3.8) is 0 Å². The first-order valence-corrected chi connectivity index (χ1v) is 7.79. The van der Waals surface area contributed by atoms with Crippen LogP contribution in [0, 0.1) is 0 Å². The number of anilines is 1. The molecule has 0 saturated heterocycles. The molecule has 0 amide bonds. The number of hydrogen-bond donors (Lipinski definition) is 1. The van der Waals surface area contributed by atoms with Crippen molar-refractivity contribution in [3.05, 3.63) is 48.7 Å². The maximum atomic E-state index is 4.45. The molecule has 0 saturated carbocycles. The van der Waals surface area contributed by atoms with Crippen molar-refractivity contribution in [2.75, 3.05) is 31.1 Å². The fourth-order valence-corrected chi connectivity index (χ4v) is 2.58. The maximum absolute atomic E-state index is 4.45. The van der Waals surface area contributed by atoms with Crippen molar-refractivity contribution in [2.45, 2.75) is 6.42 Å². The molecule has 1 N–H and O–H groups in total. The lowest BCUT2D eigenvalue weighted by Gasteiger charge is -2.11. The summed E-state index contributed by atoms with van der Waals surface area (Å²) in [5, 5.41) is 0. The molecule has 114 valence electrons. The molecule has 0 spiro atoms. The van der Waals surface area contributed by atoms with Gasteiger partial charge in [-0.3, -0.25) is 0 Å². The molecule has 2 rings (SSSR count). The van der Waals surface area contributed by atoms with Crippen molar-refractivity contribution < 1.29 is 0 Å². The van der Waals surface area contributed by atoms with E-state index in [0.29, 0.717) is 0 Å². The molecule has 21 heavy (non-hydrogen) atoms. The van der Waals surface area contributed by atoms with Gasteiger partial charge in [0, 0.05) is 17.5 Å². The Morgan fingerprint density at radius 1 is 1.10 bits per heavy atom. The molecule has 0 aliphatic rings. The van der Waals surface area contributed by atoms with Gasteiger partial charge in [0.05, 0.1) is 0 Å². The second kappa shape index (κ2) is 9.66. The summed E-state index contributed by atoms with van der Waals surface area (Å²) in [5.41, 5.74) is 2.34. The molecule has 0 atom stereocenters. The van der Waals surface area contributed by atoms with E-state index in [1.54, 1.807) is 11.9 Å². The second-order valence-corrected chi connectivity index (χ2v) is 5.77. The Balaban J connectivity index is 0.00000220. The Labute approximate surface area is 137 Å². The lowest BCUT2D eigenvalue weighted by atomic mass is 10.1. The molecule has 1 heterocycles. The first-order chi connectivity index (χ1) is 9.77. The van der Waals surface area contributed by atoms with Crippen molar-refractivity contribution in [1.82, 2.24) is 9.88 Å². The highest BCUT2D eigenvalue weighted by molar-refractivity contribution is 8.00. The fourth-order valence-electron chi connectivity index (χ4n) is 1.91. The number of halogens is 1. The molecule has 0 aliphatic heterocycles. The number of pyridine rings is 1. The van der Waals surface area contributed by atoms with Gasteiger partial charge in [0.2, 0.25) is 0 Å². The van der Waals surface area contributed by atoms with Gasteiger partial charge in [-0.15, -0.1) is 12.4 Å². The van der Waals surface area contributed by atoms with Crippen LogP contribution in [0.25, 0.3) is 11.1 Å². The third-order valence-electron chi connectivity index (χ3n) is 2.91. The molecule has 0 aliphatic carbocycles. The monoisotopic (exact) mass is 323 g/mol. The average Bonchev–Trinajstić information content (AvgIpc) is 2.48. The second-order valence-electron chi connectivity index (χ2n) is 4.87. The van der Waals surface area contributed by atoms with Crippen LogP contribution in [0.15, 0.2) is 48.7 Å². The predicted molar refractivity (Wildman–Crippen MR) is 96.2 cm³/mol. The summed E-state index contributed by atoms with van der Waals surface area (Å²) < 4.78 is 3.37. The number of aromatic nitrogens is 1. The van der Waals surface area contributed by atoms with Gasteiger partial charge in [0.25, 0.3) is 0 Å². The van der Waals surface area contributed by atoms with Crippen LogP contribution in [-0.2, 0) is 0 Å². The maximum Gasteiger partial charge on any atom is 0.143 e. The molecule has 0 bridgehead atoms. The summed E-state index contributed by atoms with van der Waals surface area (Å²) >= 11 is 1.72. The molecule has 3 nitrogen and oxygen atoms in total. The third-order valence-corrected chi connectivity index (χ3v) is 3.74. The van der Waals surface area contributed by atoms with Gasteiger partial charge in [-0.05, 0) is 44.8 Å². The van der Waals surface area contributed by atoms with Crippen LogP contribution in [0.4, 0.5) is 5.82 Å². The molecular weight excluding hydrogens is 302 g/mol. The van der Waals surface area contributed by atoms with Crippen LogP contribution < -0.4 is 4.72 Å². The zero-order chi connectivity index (χ0) is 14.2. The SMILES string of the molecule is CN(C)CCCSNc1ncccc1-c1ccccc1.Cl. The topological polar surface area (TPSA) is 28.2 Å². The summed E-state index contributed by atoms with van der Waals surface area (Å²) in [4.78, 5) is 6.65. The first kappa shape index (κ1) is 17.8. The first-order valence-electron chi connectivity index (χ1n) is 6.80. The van der Waals surface area contributed by atoms with E-state index in [4.69, 9.17) is 0 Å². The van der Waals surface area contributed by atoms with Crippen LogP contribution in [0.1, 0.15) is 6.42 Å². The lowest BCUT2D eigenvalue weighted by Crippen LogP contribution is -2.13. The quantitative estimate of drug-likeness (QED) is 0.611. The standard InChI is InChI=1S/C16H21N3S.ClH/c1-19(2)12-7-13-20-18-16-15(10-6-11-17-16)14-8-4-3-5-9-14;/h3-6,8-11H,7,12-13H2,1-2H3,(H,17,18);1H. The van der Waals surface area contributed by atoms with Gasteiger partial charge in [0.1, 0.15) is 5.82 Å². The number of rotatable bonds is 7. The summed E-state index contributed by atoms with van der Waals surface area (Å²) in [6.07, 6.45) is 2.99. The van der Waals surface area contributed by atoms with E-state index >= 15 is 0 Å². The van der Waals surface area contributed by atoms with E-state index < -0.39 is 0 Å². The number of benzene rings is 1. The molecule has 1 aromatic carbocycles. The highest BCUT2D eigenvalue weighted by Gasteiger charge is 2.05. The largest absolute Gasteiger partial charge is 0.314 e. The zero-order valence-electron chi connectivity index (χ0n) is 12.5. The highest BCUT2D eigenvalue weighted by atomic mass is 35.5. The Morgan fingerprint density at radius 3 is 2.57 bits per heavy atom. The molecule has 0 radical (unpaired) electrons. The van der Waals surface area contributed by atoms with E-state index in [9.17, 15) is 0 Å². The smallest absolute Gasteiger partial charge is 0.143 e. The molecule has 1 aromatic heterocycles. The summed E-state index contributed by atoms with van der Waals surface area (Å²) in [6, 6.07) is 14.4. The van der Waals surface area contributed by atoms with Gasteiger partial charge in [0.15, 0.2) is 0 Å². The van der Waals surface area contributed by atoms with Crippen LogP contribution in [0.3, 0.4) is 0 Å². The fraction of sp³-hybridized carbons (Fsp3) is 0.312. The number of hydrogen-bond acceptors (Lipinski definition) is 4. The highest BCUT2D eigenvalue weighted by Crippen LogP contribution is 2.27. The Hall–Kier alpha value is -1.23. The molecule has 2 aromatic rings. The van der Waals surface area contributed by atoms with Crippen molar-refractivity contribution >= 4 is 30.2 Å². The van der Waals surface area contributed by atoms with E-state index in [-0.39, 0.29) is 12.4 Å². The normalized spacial score (nSPS) is 10.2. The van der Waals surface area contributed by atoms with Crippen LogP contribution in [0.5, 0.6) is 0 Å². The minimum atomic E-state index is 0. The molecule has 0 unspecified atom stereocenters. The third kappa shape index (κ3) is 5.96. The van der Waals surface area contributed by atoms with E-state index in [1.165, 1.54) is 5.56 Å². The van der Waals surface area contributed by atoms with Crippen molar-refractivity contribution in [3.8, 4) is 11.1 Å². The minimum absolute atomic E-state index is 0. The van der Waals surface area contributed by atoms with Crippen LogP contribution in [0.2, 0.25) is 0 Å². The van der Waals surface area contributed by atoms with Crippen LogP contribution in [-0.4, -0.2) is 36.3 Å². The lowest BCUT2D eigenvalue weighted by molar-refractivity contribution is 0.410. The average molecular weight is 324 g/mol. The van der Waals surface area contributed by atoms with Gasteiger partial charge in [-0.1, -0.05) is 42.3 Å². The van der Waals surface area contributed by atoms with E-state index in [2.05, 4.69) is 59.0 Å². The van der Waals surface area contributed by atoms with Gasteiger partial charge in [-0.2, -0.15) is 0 Å². The van der Waals surface area contributed by atoms with Gasteiger partial charge >= 0.3 is 0 Å². The zero-order valence-corrected chi connectivity index (χ0v) is 14.1. The van der Waals surface area contributed by atoms with Crippen LogP contribution >= 0.6 is 24.4 Å². The number of nitrogens with one attached hydrogen (secondary N) is 1. The van der Waals surface area contributed by atoms with Crippen molar-refractivity contribution in [2.24, 2.45) is 0 Å². The summed E-state index contributed by atoms with van der Waals surface area (Å²) in [5.74, 6) is 2.01. The Kier molecular flexibility index (Phi) is 8.20. The Bertz CT molecular complexity index is 520. The molecular formula is C16H22ClN3S.